The molecule has 0 unspecified atom stereocenters. The van der Waals surface area contributed by atoms with E-state index in [0.29, 0.717) is 26.4 Å². The van der Waals surface area contributed by atoms with Gasteiger partial charge in [0.2, 0.25) is 0 Å². The molecule has 4 nitrogen and oxygen atoms in total. The topological polar surface area (TPSA) is 44.8 Å². The lowest BCUT2D eigenvalue weighted by molar-refractivity contribution is -0.0976. The van der Waals surface area contributed by atoms with E-state index in [1.807, 2.05) is 37.3 Å². The highest BCUT2D eigenvalue weighted by molar-refractivity contribution is 5.60. The van der Waals surface area contributed by atoms with Gasteiger partial charge in [0.25, 0.3) is 0 Å². The molecule has 1 saturated heterocycles. The van der Waals surface area contributed by atoms with Gasteiger partial charge in [0.15, 0.2) is 0 Å². The van der Waals surface area contributed by atoms with E-state index in [1.54, 1.807) is 0 Å². The van der Waals surface area contributed by atoms with Crippen LogP contribution in [0.2, 0.25) is 0 Å². The summed E-state index contributed by atoms with van der Waals surface area (Å²) in [6.07, 6.45) is 2.06. The zero-order chi connectivity index (χ0) is 14.4. The third-order valence-electron chi connectivity index (χ3n) is 3.61. The number of benzene rings is 1. The van der Waals surface area contributed by atoms with Crippen molar-refractivity contribution in [1.82, 2.24) is 0 Å². The van der Waals surface area contributed by atoms with Crippen molar-refractivity contribution in [3.63, 3.8) is 0 Å². The molecule has 1 aliphatic heterocycles. The summed E-state index contributed by atoms with van der Waals surface area (Å²) < 4.78 is 15.7. The van der Waals surface area contributed by atoms with Crippen LogP contribution in [-0.4, -0.2) is 26.0 Å². The fourth-order valence-electron chi connectivity index (χ4n) is 2.09. The Kier molecular flexibility index (Phi) is 4.79. The molecule has 0 amide bonds. The fraction of sp³-hybridized carbons (Fsp3) is 0.438. The van der Waals surface area contributed by atoms with Crippen LogP contribution in [0.15, 0.2) is 30.8 Å². The van der Waals surface area contributed by atoms with Gasteiger partial charge in [-0.15, -0.1) is 0 Å². The highest BCUT2D eigenvalue weighted by Crippen LogP contribution is 2.27. The van der Waals surface area contributed by atoms with Crippen LogP contribution in [0.5, 0.6) is 0 Å². The van der Waals surface area contributed by atoms with Gasteiger partial charge < -0.3 is 14.2 Å². The lowest BCUT2D eigenvalue weighted by Crippen LogP contribution is -2.42. The predicted molar refractivity (Wildman–Crippen MR) is 76.2 cm³/mol. The summed E-state index contributed by atoms with van der Waals surface area (Å²) in [5.74, 6) is 0. The summed E-state index contributed by atoms with van der Waals surface area (Å²) in [6.45, 7) is 7.54. The molecule has 2 rings (SSSR count). The Morgan fingerprint density at radius 1 is 1.40 bits per heavy atom. The summed E-state index contributed by atoms with van der Waals surface area (Å²) in [7, 11) is 0. The predicted octanol–water partition coefficient (Wildman–Crippen LogP) is 3.41. The minimum atomic E-state index is -0.590. The van der Waals surface area contributed by atoms with Gasteiger partial charge in [-0.2, -0.15) is 0 Å². The Hall–Kier alpha value is -1.81. The molecule has 0 bridgehead atoms. The van der Waals surface area contributed by atoms with E-state index >= 15 is 0 Å². The summed E-state index contributed by atoms with van der Waals surface area (Å²) in [6, 6.07) is 8.04. The molecule has 4 heteroatoms. The first-order chi connectivity index (χ1) is 9.67. The third kappa shape index (κ3) is 3.61. The first kappa shape index (κ1) is 14.6. The van der Waals surface area contributed by atoms with E-state index in [1.165, 1.54) is 0 Å². The number of ether oxygens (including phenoxy) is 3. The normalized spacial score (nSPS) is 17.1. The monoisotopic (exact) mass is 276 g/mol. The van der Waals surface area contributed by atoms with E-state index in [2.05, 4.69) is 6.58 Å². The molecular formula is C16H20O4. The van der Waals surface area contributed by atoms with Crippen LogP contribution in [0.25, 0.3) is 6.08 Å². The Bertz CT molecular complexity index is 471. The van der Waals surface area contributed by atoms with E-state index < -0.39 is 6.16 Å². The van der Waals surface area contributed by atoms with Crippen molar-refractivity contribution in [2.24, 2.45) is 5.41 Å². The van der Waals surface area contributed by atoms with Crippen LogP contribution in [-0.2, 0) is 20.8 Å². The first-order valence-corrected chi connectivity index (χ1v) is 6.76. The molecule has 0 aliphatic carbocycles. The van der Waals surface area contributed by atoms with E-state index in [-0.39, 0.29) is 5.41 Å². The summed E-state index contributed by atoms with van der Waals surface area (Å²) >= 11 is 0. The average molecular weight is 276 g/mol. The molecular weight excluding hydrogens is 256 g/mol. The second-order valence-corrected chi connectivity index (χ2v) is 5.12. The first-order valence-electron chi connectivity index (χ1n) is 6.76. The number of hydrogen-bond acceptors (Lipinski definition) is 4. The van der Waals surface area contributed by atoms with Gasteiger partial charge in [0, 0.05) is 0 Å². The molecule has 20 heavy (non-hydrogen) atoms. The van der Waals surface area contributed by atoms with Crippen LogP contribution in [0, 0.1) is 5.41 Å². The SMILES string of the molecule is C=Cc1cccc(COCC2(CC)COC(=O)OC2)c1. The van der Waals surface area contributed by atoms with Crippen molar-refractivity contribution >= 4 is 12.2 Å². The Labute approximate surface area is 119 Å². The van der Waals surface area contributed by atoms with Crippen molar-refractivity contribution in [3.8, 4) is 0 Å². The molecule has 1 fully saturated rings. The van der Waals surface area contributed by atoms with Crippen LogP contribution in [0.3, 0.4) is 0 Å². The van der Waals surface area contributed by atoms with Crippen molar-refractivity contribution in [2.75, 3.05) is 19.8 Å². The molecule has 0 atom stereocenters. The highest BCUT2D eigenvalue weighted by Gasteiger charge is 2.36. The second kappa shape index (κ2) is 6.57. The Balaban J connectivity index is 1.87. The molecule has 1 aromatic carbocycles. The second-order valence-electron chi connectivity index (χ2n) is 5.12. The van der Waals surface area contributed by atoms with Crippen molar-refractivity contribution in [2.45, 2.75) is 20.0 Å². The molecule has 1 heterocycles. The fourth-order valence-corrected chi connectivity index (χ4v) is 2.09. The van der Waals surface area contributed by atoms with E-state index in [9.17, 15) is 4.79 Å². The molecule has 0 saturated carbocycles. The van der Waals surface area contributed by atoms with Crippen molar-refractivity contribution in [3.05, 3.63) is 42.0 Å². The van der Waals surface area contributed by atoms with Crippen LogP contribution in [0.1, 0.15) is 24.5 Å². The number of rotatable bonds is 6. The van der Waals surface area contributed by atoms with Crippen LogP contribution >= 0.6 is 0 Å². The number of carbonyl (C=O) groups is 1. The number of carbonyl (C=O) groups excluding carboxylic acids is 1. The largest absolute Gasteiger partial charge is 0.508 e. The number of hydrogen-bond donors (Lipinski definition) is 0. The maximum atomic E-state index is 10.9. The maximum absolute atomic E-state index is 10.9. The van der Waals surface area contributed by atoms with Gasteiger partial charge in [-0.05, 0) is 23.6 Å². The standard InChI is InChI=1S/C16H20O4/c1-3-13-6-5-7-14(8-13)9-18-10-16(4-2)11-19-15(17)20-12-16/h3,5-8H,1,4,9-12H2,2H3. The van der Waals surface area contributed by atoms with Crippen molar-refractivity contribution < 1.29 is 19.0 Å². The molecule has 0 spiro atoms. The summed E-state index contributed by atoms with van der Waals surface area (Å²) in [5.41, 5.74) is 1.94. The van der Waals surface area contributed by atoms with Gasteiger partial charge in [-0.3, -0.25) is 0 Å². The smallest absolute Gasteiger partial charge is 0.433 e. The molecule has 1 aliphatic rings. The number of cyclic esters (lactones) is 2. The van der Waals surface area contributed by atoms with Gasteiger partial charge >= 0.3 is 6.16 Å². The van der Waals surface area contributed by atoms with Gasteiger partial charge in [0.1, 0.15) is 13.2 Å². The maximum Gasteiger partial charge on any atom is 0.508 e. The minimum Gasteiger partial charge on any atom is -0.433 e. The van der Waals surface area contributed by atoms with Gasteiger partial charge in [-0.25, -0.2) is 4.79 Å². The third-order valence-corrected chi connectivity index (χ3v) is 3.61. The lowest BCUT2D eigenvalue weighted by Gasteiger charge is -2.34. The van der Waals surface area contributed by atoms with Crippen LogP contribution in [0.4, 0.5) is 4.79 Å². The molecule has 0 radical (unpaired) electrons. The van der Waals surface area contributed by atoms with E-state index in [0.717, 1.165) is 17.5 Å². The molecule has 0 N–H and O–H groups in total. The lowest BCUT2D eigenvalue weighted by atomic mass is 9.87. The molecule has 0 aromatic heterocycles. The highest BCUT2D eigenvalue weighted by atomic mass is 16.7. The van der Waals surface area contributed by atoms with Gasteiger partial charge in [0.05, 0.1) is 18.6 Å². The zero-order valence-corrected chi connectivity index (χ0v) is 11.8. The molecule has 108 valence electrons. The Morgan fingerprint density at radius 3 is 2.80 bits per heavy atom. The van der Waals surface area contributed by atoms with E-state index in [4.69, 9.17) is 14.2 Å². The summed E-state index contributed by atoms with van der Waals surface area (Å²) in [5, 5.41) is 0. The zero-order valence-electron chi connectivity index (χ0n) is 11.8. The quantitative estimate of drug-likeness (QED) is 0.747. The minimum absolute atomic E-state index is 0.232. The van der Waals surface area contributed by atoms with Crippen molar-refractivity contribution in [1.29, 1.82) is 0 Å². The molecule has 1 aromatic rings. The van der Waals surface area contributed by atoms with Crippen LogP contribution < -0.4 is 0 Å². The van der Waals surface area contributed by atoms with Gasteiger partial charge in [-0.1, -0.05) is 37.8 Å². The summed E-state index contributed by atoms with van der Waals surface area (Å²) in [4.78, 5) is 10.9. The Morgan fingerprint density at radius 2 is 2.15 bits per heavy atom. The average Bonchev–Trinajstić information content (AvgIpc) is 2.50.